The number of carbonyl (C=O) groups is 1. The minimum Gasteiger partial charge on any atom is -0.281 e. The molecule has 0 bridgehead atoms. The molecule has 0 saturated carbocycles. The SMILES string of the molecule is O=C(Cl)C1CCCN(S(=O)(=O)c2cccs2)C1. The Morgan fingerprint density at radius 2 is 2.29 bits per heavy atom. The topological polar surface area (TPSA) is 54.5 Å². The summed E-state index contributed by atoms with van der Waals surface area (Å²) in [6.45, 7) is 0.656. The summed E-state index contributed by atoms with van der Waals surface area (Å²) in [6.07, 6.45) is 1.34. The minimum atomic E-state index is -3.44. The Morgan fingerprint density at radius 3 is 2.88 bits per heavy atom. The number of sulfonamides is 1. The molecule has 1 fully saturated rings. The Kier molecular flexibility index (Phi) is 3.87. The summed E-state index contributed by atoms with van der Waals surface area (Å²) in [4.78, 5) is 11.1. The highest BCUT2D eigenvalue weighted by atomic mass is 35.5. The Labute approximate surface area is 109 Å². The molecule has 1 aromatic heterocycles. The third-order valence-corrected chi connectivity index (χ3v) is 6.34. The largest absolute Gasteiger partial charge is 0.281 e. The van der Waals surface area contributed by atoms with E-state index in [1.807, 2.05) is 0 Å². The van der Waals surface area contributed by atoms with Gasteiger partial charge in [-0.25, -0.2) is 8.42 Å². The third kappa shape index (κ3) is 2.70. The van der Waals surface area contributed by atoms with E-state index >= 15 is 0 Å². The van der Waals surface area contributed by atoms with Crippen molar-refractivity contribution < 1.29 is 13.2 Å². The second kappa shape index (κ2) is 5.06. The predicted octanol–water partition coefficient (Wildman–Crippen LogP) is 1.91. The van der Waals surface area contributed by atoms with Gasteiger partial charge in [-0.3, -0.25) is 4.79 Å². The first-order valence-electron chi connectivity index (χ1n) is 5.25. The average Bonchev–Trinajstić information content (AvgIpc) is 2.83. The van der Waals surface area contributed by atoms with Gasteiger partial charge in [0.1, 0.15) is 4.21 Å². The molecule has 0 radical (unpaired) electrons. The van der Waals surface area contributed by atoms with E-state index < -0.39 is 15.3 Å². The number of hydrogen-bond donors (Lipinski definition) is 0. The highest BCUT2D eigenvalue weighted by Crippen LogP contribution is 2.27. The summed E-state index contributed by atoms with van der Waals surface area (Å²) in [5, 5.41) is 1.28. The van der Waals surface area contributed by atoms with Crippen molar-refractivity contribution >= 4 is 38.2 Å². The Balaban J connectivity index is 2.20. The van der Waals surface area contributed by atoms with Crippen molar-refractivity contribution in [2.45, 2.75) is 17.1 Å². The highest BCUT2D eigenvalue weighted by molar-refractivity contribution is 7.91. The van der Waals surface area contributed by atoms with Gasteiger partial charge in [0.05, 0.1) is 0 Å². The van der Waals surface area contributed by atoms with E-state index in [1.54, 1.807) is 17.5 Å². The lowest BCUT2D eigenvalue weighted by atomic mass is 10.0. The molecule has 2 rings (SSSR count). The molecule has 4 nitrogen and oxygen atoms in total. The molecule has 1 atom stereocenters. The van der Waals surface area contributed by atoms with Gasteiger partial charge in [0, 0.05) is 19.0 Å². The van der Waals surface area contributed by atoms with Crippen LogP contribution in [-0.4, -0.2) is 31.1 Å². The van der Waals surface area contributed by atoms with E-state index in [-0.39, 0.29) is 12.5 Å². The number of nitrogens with zero attached hydrogens (tertiary/aromatic N) is 1. The number of halogens is 1. The molecule has 1 aromatic rings. The quantitative estimate of drug-likeness (QED) is 0.800. The zero-order valence-corrected chi connectivity index (χ0v) is 11.4. The van der Waals surface area contributed by atoms with Crippen LogP contribution in [0.25, 0.3) is 0 Å². The first-order valence-corrected chi connectivity index (χ1v) is 7.94. The zero-order chi connectivity index (χ0) is 12.5. The number of carbonyl (C=O) groups excluding carboxylic acids is 1. The molecule has 94 valence electrons. The number of thiophene rings is 1. The number of rotatable bonds is 3. The van der Waals surface area contributed by atoms with Crippen molar-refractivity contribution in [2.75, 3.05) is 13.1 Å². The van der Waals surface area contributed by atoms with Crippen LogP contribution in [0.15, 0.2) is 21.7 Å². The molecular formula is C10H12ClNO3S2. The Morgan fingerprint density at radius 1 is 1.53 bits per heavy atom. The van der Waals surface area contributed by atoms with Gasteiger partial charge in [-0.15, -0.1) is 11.3 Å². The summed E-state index contributed by atoms with van der Waals surface area (Å²) in [5.41, 5.74) is 0. The maximum absolute atomic E-state index is 12.2. The van der Waals surface area contributed by atoms with E-state index in [4.69, 9.17) is 11.6 Å². The maximum Gasteiger partial charge on any atom is 0.252 e. The molecule has 0 aromatic carbocycles. The second-order valence-electron chi connectivity index (χ2n) is 3.94. The van der Waals surface area contributed by atoms with Crippen LogP contribution in [0.1, 0.15) is 12.8 Å². The van der Waals surface area contributed by atoms with E-state index in [9.17, 15) is 13.2 Å². The lowest BCUT2D eigenvalue weighted by Gasteiger charge is -2.29. The summed E-state index contributed by atoms with van der Waals surface area (Å²) < 4.78 is 26.1. The monoisotopic (exact) mass is 293 g/mol. The highest BCUT2D eigenvalue weighted by Gasteiger charge is 2.33. The van der Waals surface area contributed by atoms with Gasteiger partial charge in [-0.1, -0.05) is 6.07 Å². The Bertz CT molecular complexity index is 498. The van der Waals surface area contributed by atoms with Gasteiger partial charge in [0.2, 0.25) is 5.24 Å². The van der Waals surface area contributed by atoms with Crippen molar-refractivity contribution in [3.8, 4) is 0 Å². The molecule has 0 spiro atoms. The fourth-order valence-corrected chi connectivity index (χ4v) is 4.73. The second-order valence-corrected chi connectivity index (χ2v) is 7.42. The number of hydrogen-bond acceptors (Lipinski definition) is 4. The van der Waals surface area contributed by atoms with Crippen molar-refractivity contribution in [2.24, 2.45) is 5.92 Å². The summed E-state index contributed by atoms with van der Waals surface area (Å²) in [6, 6.07) is 3.28. The summed E-state index contributed by atoms with van der Waals surface area (Å²) >= 11 is 6.62. The first-order chi connectivity index (χ1) is 8.01. The van der Waals surface area contributed by atoms with Crippen LogP contribution >= 0.6 is 22.9 Å². The smallest absolute Gasteiger partial charge is 0.252 e. The average molecular weight is 294 g/mol. The predicted molar refractivity (Wildman–Crippen MR) is 66.7 cm³/mol. The van der Waals surface area contributed by atoms with Crippen LogP contribution in [0.3, 0.4) is 0 Å². The van der Waals surface area contributed by atoms with Crippen molar-refractivity contribution in [1.29, 1.82) is 0 Å². The standard InChI is InChI=1S/C10H12ClNO3S2/c11-10(13)8-3-1-5-12(7-8)17(14,15)9-4-2-6-16-9/h2,4,6,8H,1,3,5,7H2. The van der Waals surface area contributed by atoms with Gasteiger partial charge in [-0.2, -0.15) is 4.31 Å². The van der Waals surface area contributed by atoms with Crippen molar-refractivity contribution in [3.63, 3.8) is 0 Å². The number of piperidine rings is 1. The summed E-state index contributed by atoms with van der Waals surface area (Å²) in [7, 11) is -3.44. The Hall–Kier alpha value is -0.430. The molecule has 0 N–H and O–H groups in total. The zero-order valence-electron chi connectivity index (χ0n) is 9.00. The van der Waals surface area contributed by atoms with Crippen molar-refractivity contribution in [3.05, 3.63) is 17.5 Å². The molecule has 1 aliphatic rings. The molecule has 7 heteroatoms. The molecule has 1 unspecified atom stereocenters. The molecule has 1 aliphatic heterocycles. The van der Waals surface area contributed by atoms with Crippen LogP contribution in [0.5, 0.6) is 0 Å². The van der Waals surface area contributed by atoms with Gasteiger partial charge in [0.15, 0.2) is 0 Å². The normalized spacial score (nSPS) is 22.5. The van der Waals surface area contributed by atoms with Gasteiger partial charge < -0.3 is 0 Å². The van der Waals surface area contributed by atoms with Gasteiger partial charge in [0.25, 0.3) is 10.0 Å². The minimum absolute atomic E-state index is 0.197. The van der Waals surface area contributed by atoms with E-state index in [2.05, 4.69) is 0 Å². The lowest BCUT2D eigenvalue weighted by molar-refractivity contribution is -0.116. The van der Waals surface area contributed by atoms with Crippen LogP contribution < -0.4 is 0 Å². The maximum atomic E-state index is 12.2. The molecule has 0 aliphatic carbocycles. The van der Waals surface area contributed by atoms with Gasteiger partial charge >= 0.3 is 0 Å². The first kappa shape index (κ1) is 13.0. The van der Waals surface area contributed by atoms with E-state index in [0.29, 0.717) is 23.6 Å². The van der Waals surface area contributed by atoms with E-state index in [1.165, 1.54) is 15.6 Å². The van der Waals surface area contributed by atoms with Crippen LogP contribution in [0.4, 0.5) is 0 Å². The van der Waals surface area contributed by atoms with Crippen molar-refractivity contribution in [1.82, 2.24) is 4.31 Å². The van der Waals surface area contributed by atoms with Crippen LogP contribution in [0.2, 0.25) is 0 Å². The molecule has 2 heterocycles. The molecule has 1 saturated heterocycles. The molecular weight excluding hydrogens is 282 g/mol. The van der Waals surface area contributed by atoms with E-state index in [0.717, 1.165) is 0 Å². The fraction of sp³-hybridized carbons (Fsp3) is 0.500. The van der Waals surface area contributed by atoms with Crippen LogP contribution in [0, 0.1) is 5.92 Å². The summed E-state index contributed by atoms with van der Waals surface area (Å²) in [5.74, 6) is -0.375. The van der Waals surface area contributed by atoms with Crippen LogP contribution in [-0.2, 0) is 14.8 Å². The molecule has 17 heavy (non-hydrogen) atoms. The molecule has 0 amide bonds. The lowest BCUT2D eigenvalue weighted by Crippen LogP contribution is -2.41. The van der Waals surface area contributed by atoms with Gasteiger partial charge in [-0.05, 0) is 35.9 Å². The fourth-order valence-electron chi connectivity index (χ4n) is 1.88. The third-order valence-electron chi connectivity index (χ3n) is 2.79.